The van der Waals surface area contributed by atoms with Crippen LogP contribution in [0.4, 0.5) is 13.2 Å². The topological polar surface area (TPSA) is 37.3 Å². The number of hydrogen-bond donors (Lipinski definition) is 1. The number of carboxylic acids is 1. The Morgan fingerprint density at radius 2 is 2.00 bits per heavy atom. The van der Waals surface area contributed by atoms with Crippen molar-refractivity contribution in [3.8, 4) is 0 Å². The van der Waals surface area contributed by atoms with Crippen molar-refractivity contribution in [3.63, 3.8) is 0 Å². The van der Waals surface area contributed by atoms with Gasteiger partial charge in [0.05, 0.1) is 11.5 Å². The zero-order chi connectivity index (χ0) is 13.5. The molecule has 0 spiro atoms. The van der Waals surface area contributed by atoms with Crippen LogP contribution in [-0.2, 0) is 11.0 Å². The summed E-state index contributed by atoms with van der Waals surface area (Å²) in [4.78, 5) is 11.4. The summed E-state index contributed by atoms with van der Waals surface area (Å²) in [5.74, 6) is -1.70. The molecule has 0 saturated carbocycles. The van der Waals surface area contributed by atoms with Crippen molar-refractivity contribution in [2.45, 2.75) is 19.0 Å². The third-order valence-corrected chi connectivity index (χ3v) is 3.94. The van der Waals surface area contributed by atoms with E-state index < -0.39 is 23.6 Å². The first-order valence-corrected chi connectivity index (χ1v) is 5.94. The summed E-state index contributed by atoms with van der Waals surface area (Å²) < 4.78 is 38.0. The molecule has 0 aliphatic rings. The van der Waals surface area contributed by atoms with Gasteiger partial charge in [0.1, 0.15) is 0 Å². The molecule has 1 aromatic carbocycles. The molecular weight excluding hydrogens is 265 g/mol. The molecule has 1 aromatic heterocycles. The van der Waals surface area contributed by atoms with Gasteiger partial charge >= 0.3 is 12.1 Å². The Hall–Kier alpha value is -1.56. The minimum Gasteiger partial charge on any atom is -0.481 e. The Bertz CT molecular complexity index is 601. The van der Waals surface area contributed by atoms with Crippen LogP contribution in [0, 0.1) is 0 Å². The largest absolute Gasteiger partial charge is 0.481 e. The van der Waals surface area contributed by atoms with E-state index in [0.29, 0.717) is 15.0 Å². The first-order valence-electron chi connectivity index (χ1n) is 5.12. The molecule has 18 heavy (non-hydrogen) atoms. The second kappa shape index (κ2) is 4.28. The summed E-state index contributed by atoms with van der Waals surface area (Å²) in [5.41, 5.74) is -0.716. The maximum absolute atomic E-state index is 12.5. The number of fused-ring (bicyclic) bond motifs is 1. The summed E-state index contributed by atoms with van der Waals surface area (Å²) in [6, 6.07) is 5.05. The molecule has 1 N–H and O–H groups in total. The van der Waals surface area contributed by atoms with Gasteiger partial charge in [0.25, 0.3) is 0 Å². The molecule has 0 aliphatic carbocycles. The monoisotopic (exact) mass is 274 g/mol. The van der Waals surface area contributed by atoms with Crippen molar-refractivity contribution in [2.24, 2.45) is 0 Å². The molecule has 1 unspecified atom stereocenters. The summed E-state index contributed by atoms with van der Waals surface area (Å²) in [7, 11) is 0. The third-order valence-electron chi connectivity index (χ3n) is 2.66. The normalized spacial score (nSPS) is 13.8. The number of alkyl halides is 3. The first-order chi connectivity index (χ1) is 8.29. The summed E-state index contributed by atoms with van der Waals surface area (Å²) in [6.45, 7) is 1.51. The number of carbonyl (C=O) groups is 1. The quantitative estimate of drug-likeness (QED) is 0.894. The van der Waals surface area contributed by atoms with E-state index in [4.69, 9.17) is 5.11 Å². The predicted molar refractivity (Wildman–Crippen MR) is 62.9 cm³/mol. The SMILES string of the molecule is CC(C(=O)O)c1cc2ccc(C(F)(F)F)cc2s1. The maximum atomic E-state index is 12.5. The summed E-state index contributed by atoms with van der Waals surface area (Å²) in [5, 5.41) is 9.51. The molecule has 0 aliphatic heterocycles. The lowest BCUT2D eigenvalue weighted by Crippen LogP contribution is -2.04. The molecule has 6 heteroatoms. The molecule has 2 nitrogen and oxygen atoms in total. The van der Waals surface area contributed by atoms with Crippen molar-refractivity contribution in [2.75, 3.05) is 0 Å². The van der Waals surface area contributed by atoms with Crippen LogP contribution in [0.15, 0.2) is 24.3 Å². The molecule has 0 radical (unpaired) electrons. The van der Waals surface area contributed by atoms with Gasteiger partial charge in [0, 0.05) is 9.58 Å². The molecule has 0 saturated heterocycles. The highest BCUT2D eigenvalue weighted by Crippen LogP contribution is 2.36. The lowest BCUT2D eigenvalue weighted by Gasteiger charge is -2.05. The van der Waals surface area contributed by atoms with Crippen molar-refractivity contribution in [1.29, 1.82) is 0 Å². The van der Waals surface area contributed by atoms with E-state index in [9.17, 15) is 18.0 Å². The van der Waals surface area contributed by atoms with Gasteiger partial charge in [-0.15, -0.1) is 11.3 Å². The van der Waals surface area contributed by atoms with Crippen LogP contribution in [0.2, 0.25) is 0 Å². The molecule has 2 rings (SSSR count). The average molecular weight is 274 g/mol. The van der Waals surface area contributed by atoms with Crippen LogP contribution in [0.25, 0.3) is 10.1 Å². The van der Waals surface area contributed by atoms with Crippen LogP contribution < -0.4 is 0 Å². The third kappa shape index (κ3) is 2.33. The van der Waals surface area contributed by atoms with Crippen LogP contribution in [0.3, 0.4) is 0 Å². The molecule has 1 atom stereocenters. The van der Waals surface area contributed by atoms with E-state index in [1.165, 1.54) is 13.0 Å². The minimum atomic E-state index is -4.38. The van der Waals surface area contributed by atoms with Crippen LogP contribution in [-0.4, -0.2) is 11.1 Å². The highest BCUT2D eigenvalue weighted by molar-refractivity contribution is 7.19. The predicted octanol–water partition coefficient (Wildman–Crippen LogP) is 4.11. The summed E-state index contributed by atoms with van der Waals surface area (Å²) in [6.07, 6.45) is -4.38. The fraction of sp³-hybridized carbons (Fsp3) is 0.250. The smallest absolute Gasteiger partial charge is 0.416 e. The highest BCUT2D eigenvalue weighted by atomic mass is 32.1. The number of thiophene rings is 1. The molecule has 0 amide bonds. The number of benzene rings is 1. The van der Waals surface area contributed by atoms with Crippen LogP contribution in [0.1, 0.15) is 23.3 Å². The van der Waals surface area contributed by atoms with Crippen molar-refractivity contribution >= 4 is 27.4 Å². The van der Waals surface area contributed by atoms with E-state index in [1.807, 2.05) is 0 Å². The molecule has 2 aromatic rings. The fourth-order valence-electron chi connectivity index (χ4n) is 1.56. The zero-order valence-electron chi connectivity index (χ0n) is 9.28. The number of aliphatic carboxylic acids is 1. The molecule has 0 bridgehead atoms. The highest BCUT2D eigenvalue weighted by Gasteiger charge is 2.30. The molecule has 1 heterocycles. The van der Waals surface area contributed by atoms with Gasteiger partial charge in [-0.2, -0.15) is 13.2 Å². The first kappa shape index (κ1) is 12.9. The average Bonchev–Trinajstić information content (AvgIpc) is 2.68. The molecule has 0 fully saturated rings. The van der Waals surface area contributed by atoms with Crippen molar-refractivity contribution < 1.29 is 23.1 Å². The van der Waals surface area contributed by atoms with Gasteiger partial charge in [-0.25, -0.2) is 0 Å². The van der Waals surface area contributed by atoms with Crippen molar-refractivity contribution in [3.05, 3.63) is 34.7 Å². The standard InChI is InChI=1S/C12H9F3O2S/c1-6(11(16)17)9-4-7-2-3-8(12(13,14)15)5-10(7)18-9/h2-6H,1H3,(H,16,17). The minimum absolute atomic E-state index is 0.452. The number of carboxylic acid groups (broad SMARTS) is 1. The Labute approximate surface area is 105 Å². The number of hydrogen-bond acceptors (Lipinski definition) is 2. The Balaban J connectivity index is 2.49. The van der Waals surface area contributed by atoms with Crippen LogP contribution in [0.5, 0.6) is 0 Å². The van der Waals surface area contributed by atoms with Gasteiger partial charge < -0.3 is 5.11 Å². The Morgan fingerprint density at radius 1 is 1.33 bits per heavy atom. The van der Waals surface area contributed by atoms with E-state index in [1.54, 1.807) is 6.07 Å². The number of halogens is 3. The summed E-state index contributed by atoms with van der Waals surface area (Å²) >= 11 is 1.08. The molecular formula is C12H9F3O2S. The Morgan fingerprint density at radius 3 is 2.56 bits per heavy atom. The van der Waals surface area contributed by atoms with Crippen molar-refractivity contribution in [1.82, 2.24) is 0 Å². The van der Waals surface area contributed by atoms with E-state index in [2.05, 4.69) is 0 Å². The van der Waals surface area contributed by atoms with E-state index >= 15 is 0 Å². The van der Waals surface area contributed by atoms with E-state index in [-0.39, 0.29) is 0 Å². The van der Waals surface area contributed by atoms with Gasteiger partial charge in [-0.1, -0.05) is 6.07 Å². The maximum Gasteiger partial charge on any atom is 0.416 e. The van der Waals surface area contributed by atoms with Gasteiger partial charge in [-0.05, 0) is 30.5 Å². The lowest BCUT2D eigenvalue weighted by atomic mass is 10.1. The second-order valence-electron chi connectivity index (χ2n) is 3.96. The zero-order valence-corrected chi connectivity index (χ0v) is 10.1. The van der Waals surface area contributed by atoms with Gasteiger partial charge in [0.15, 0.2) is 0 Å². The molecule has 96 valence electrons. The van der Waals surface area contributed by atoms with E-state index in [0.717, 1.165) is 23.5 Å². The fourth-order valence-corrected chi connectivity index (χ4v) is 2.71. The second-order valence-corrected chi connectivity index (χ2v) is 5.07. The Kier molecular flexibility index (Phi) is 3.06. The van der Waals surface area contributed by atoms with Gasteiger partial charge in [-0.3, -0.25) is 4.79 Å². The van der Waals surface area contributed by atoms with Crippen LogP contribution >= 0.6 is 11.3 Å². The number of rotatable bonds is 2. The lowest BCUT2D eigenvalue weighted by molar-refractivity contribution is -0.138. The van der Waals surface area contributed by atoms with Gasteiger partial charge in [0.2, 0.25) is 0 Å².